The minimum atomic E-state index is -5.08. The van der Waals surface area contributed by atoms with Crippen LogP contribution in [0.1, 0.15) is 22.8 Å². The highest BCUT2D eigenvalue weighted by atomic mass is 19.4. The Morgan fingerprint density at radius 3 is 2.52 bits per heavy atom. The number of halogens is 3. The highest BCUT2D eigenvalue weighted by Gasteiger charge is 2.38. The van der Waals surface area contributed by atoms with Crippen LogP contribution in [0.5, 0.6) is 0 Å². The summed E-state index contributed by atoms with van der Waals surface area (Å²) in [4.78, 5) is 20.4. The molecule has 0 saturated carbocycles. The molecule has 166 valence electrons. The second-order valence-corrected chi connectivity index (χ2v) is 7.14. The molecule has 1 N–H and O–H groups in total. The third kappa shape index (κ3) is 5.91. The molecule has 0 spiro atoms. The number of hydrogen-bond donors (Lipinski definition) is 1. The largest absolute Gasteiger partial charge is 0.490 e. The Morgan fingerprint density at radius 2 is 1.94 bits per heavy atom. The molecule has 0 fully saturated rings. The number of carbonyl (C=O) groups is 1. The fourth-order valence-corrected chi connectivity index (χ4v) is 3.31. The highest BCUT2D eigenvalue weighted by Crippen LogP contribution is 2.25. The first-order valence-corrected chi connectivity index (χ1v) is 9.53. The van der Waals surface area contributed by atoms with Gasteiger partial charge in [-0.05, 0) is 25.5 Å². The second-order valence-electron chi connectivity index (χ2n) is 7.14. The first-order valence-electron chi connectivity index (χ1n) is 9.53. The zero-order chi connectivity index (χ0) is 22.6. The summed E-state index contributed by atoms with van der Waals surface area (Å²) in [5, 5.41) is 11.4. The molecule has 3 aromatic rings. The Morgan fingerprint density at radius 1 is 1.23 bits per heavy atom. The summed E-state index contributed by atoms with van der Waals surface area (Å²) >= 11 is 0. The molecule has 0 unspecified atom stereocenters. The van der Waals surface area contributed by atoms with E-state index < -0.39 is 12.1 Å². The third-order valence-corrected chi connectivity index (χ3v) is 4.77. The molecule has 0 bridgehead atoms. The van der Waals surface area contributed by atoms with Crippen molar-refractivity contribution in [2.75, 3.05) is 13.1 Å². The molecule has 1 aliphatic heterocycles. The Labute approximate surface area is 176 Å². The Kier molecular flexibility index (Phi) is 6.74. The van der Waals surface area contributed by atoms with E-state index in [0.29, 0.717) is 0 Å². The van der Waals surface area contributed by atoms with Gasteiger partial charge in [0, 0.05) is 49.6 Å². The molecule has 0 saturated heterocycles. The maximum atomic E-state index is 10.6. The molecule has 4 rings (SSSR count). The van der Waals surface area contributed by atoms with Gasteiger partial charge in [0.15, 0.2) is 0 Å². The van der Waals surface area contributed by atoms with Crippen molar-refractivity contribution in [2.24, 2.45) is 7.05 Å². The topological polar surface area (TPSA) is 97.3 Å². The summed E-state index contributed by atoms with van der Waals surface area (Å²) in [5.74, 6) is -0.766. The number of aromatic nitrogens is 4. The van der Waals surface area contributed by atoms with Gasteiger partial charge in [0.05, 0.1) is 18.4 Å². The number of aliphatic carboxylic acids is 1. The van der Waals surface area contributed by atoms with Crippen LogP contribution in [0, 0.1) is 6.92 Å². The van der Waals surface area contributed by atoms with Gasteiger partial charge in [-0.15, -0.1) is 0 Å². The van der Waals surface area contributed by atoms with Crippen LogP contribution >= 0.6 is 0 Å². The van der Waals surface area contributed by atoms with E-state index >= 15 is 0 Å². The summed E-state index contributed by atoms with van der Waals surface area (Å²) in [5.41, 5.74) is 4.49. The molecular formula is C20H22F3N5O3. The number of fused-ring (bicyclic) bond motifs is 1. The van der Waals surface area contributed by atoms with Gasteiger partial charge in [0.25, 0.3) is 0 Å². The number of furan rings is 1. The molecule has 0 amide bonds. The monoisotopic (exact) mass is 437 g/mol. The Hall–Kier alpha value is -3.21. The summed E-state index contributed by atoms with van der Waals surface area (Å²) in [6, 6.07) is 4.09. The van der Waals surface area contributed by atoms with Crippen molar-refractivity contribution in [2.45, 2.75) is 32.5 Å². The van der Waals surface area contributed by atoms with E-state index in [4.69, 9.17) is 14.3 Å². The molecule has 0 aliphatic carbocycles. The van der Waals surface area contributed by atoms with Crippen molar-refractivity contribution in [1.82, 2.24) is 24.6 Å². The van der Waals surface area contributed by atoms with Gasteiger partial charge in [-0.1, -0.05) is 0 Å². The first kappa shape index (κ1) is 22.5. The van der Waals surface area contributed by atoms with Crippen LogP contribution in [0.4, 0.5) is 13.2 Å². The van der Waals surface area contributed by atoms with E-state index in [0.717, 1.165) is 60.9 Å². The van der Waals surface area contributed by atoms with E-state index in [2.05, 4.69) is 26.0 Å². The van der Waals surface area contributed by atoms with Gasteiger partial charge < -0.3 is 9.52 Å². The van der Waals surface area contributed by atoms with E-state index in [9.17, 15) is 13.2 Å². The van der Waals surface area contributed by atoms with Gasteiger partial charge in [-0.2, -0.15) is 18.3 Å². The molecule has 31 heavy (non-hydrogen) atoms. The molecule has 4 heterocycles. The molecule has 1 aliphatic rings. The maximum Gasteiger partial charge on any atom is 0.490 e. The highest BCUT2D eigenvalue weighted by molar-refractivity contribution is 5.73. The van der Waals surface area contributed by atoms with Gasteiger partial charge in [-0.3, -0.25) is 9.58 Å². The van der Waals surface area contributed by atoms with E-state index in [1.807, 2.05) is 37.1 Å². The predicted molar refractivity (Wildman–Crippen MR) is 104 cm³/mol. The number of alkyl halides is 3. The van der Waals surface area contributed by atoms with Crippen LogP contribution in [0.25, 0.3) is 11.3 Å². The van der Waals surface area contributed by atoms with Crippen molar-refractivity contribution in [3.63, 3.8) is 0 Å². The van der Waals surface area contributed by atoms with Crippen LogP contribution < -0.4 is 0 Å². The normalized spacial score (nSPS) is 14.4. The van der Waals surface area contributed by atoms with E-state index in [-0.39, 0.29) is 0 Å². The molecule has 0 radical (unpaired) electrons. The molecular weight excluding hydrogens is 415 g/mol. The smallest absolute Gasteiger partial charge is 0.475 e. The number of carboxylic acid groups (broad SMARTS) is 1. The number of nitrogens with zero attached hydrogens (tertiary/aromatic N) is 5. The van der Waals surface area contributed by atoms with Crippen LogP contribution in [0.15, 0.2) is 35.3 Å². The molecule has 3 aromatic heterocycles. The first-order chi connectivity index (χ1) is 14.6. The van der Waals surface area contributed by atoms with Gasteiger partial charge in [0.2, 0.25) is 0 Å². The zero-order valence-electron chi connectivity index (χ0n) is 17.1. The Bertz CT molecular complexity index is 1040. The summed E-state index contributed by atoms with van der Waals surface area (Å²) in [7, 11) is 1.93. The lowest BCUT2D eigenvalue weighted by atomic mass is 10.0. The van der Waals surface area contributed by atoms with E-state index in [1.54, 1.807) is 6.33 Å². The Balaban J connectivity index is 0.000000339. The standard InChI is InChI=1S/C18H21N5O.C2HF3O2/c1-13-3-4-15(24-13)11-23-7-5-16-17(6-8-23)19-12-20-18(16)14-9-21-22(2)10-14;3-2(4,5)1(6)7/h3-4,9-10,12H,5-8,11H2,1-2H3;(H,6,7). The fourth-order valence-electron chi connectivity index (χ4n) is 3.31. The SMILES string of the molecule is Cc1ccc(CN2CCc3ncnc(-c4cnn(C)c4)c3CC2)o1.O=C(O)C(F)(F)F. The third-order valence-electron chi connectivity index (χ3n) is 4.77. The summed E-state index contributed by atoms with van der Waals surface area (Å²) in [6.45, 7) is 4.79. The van der Waals surface area contributed by atoms with Gasteiger partial charge in [0.1, 0.15) is 17.8 Å². The molecule has 11 heteroatoms. The van der Waals surface area contributed by atoms with Gasteiger partial charge >= 0.3 is 12.1 Å². The van der Waals surface area contributed by atoms with Crippen molar-refractivity contribution >= 4 is 5.97 Å². The molecule has 0 atom stereocenters. The van der Waals surface area contributed by atoms with Crippen LogP contribution in [0.2, 0.25) is 0 Å². The van der Waals surface area contributed by atoms with Crippen molar-refractivity contribution in [1.29, 1.82) is 0 Å². The minimum absolute atomic E-state index is 0.845. The average molecular weight is 437 g/mol. The predicted octanol–water partition coefficient (Wildman–Crippen LogP) is 3.01. The van der Waals surface area contributed by atoms with Crippen LogP contribution in [0.3, 0.4) is 0 Å². The minimum Gasteiger partial charge on any atom is -0.475 e. The zero-order valence-corrected chi connectivity index (χ0v) is 17.1. The summed E-state index contributed by atoms with van der Waals surface area (Å²) < 4.78 is 39.3. The summed E-state index contributed by atoms with van der Waals surface area (Å²) in [6.07, 6.45) is 2.35. The van der Waals surface area contributed by atoms with Gasteiger partial charge in [-0.25, -0.2) is 14.8 Å². The van der Waals surface area contributed by atoms with Crippen molar-refractivity contribution in [3.05, 3.63) is 53.6 Å². The van der Waals surface area contributed by atoms with Crippen molar-refractivity contribution in [3.8, 4) is 11.3 Å². The van der Waals surface area contributed by atoms with Crippen LogP contribution in [-0.4, -0.2) is 55.0 Å². The number of hydrogen-bond acceptors (Lipinski definition) is 6. The van der Waals surface area contributed by atoms with Crippen molar-refractivity contribution < 1.29 is 27.5 Å². The lowest BCUT2D eigenvalue weighted by Crippen LogP contribution is -2.25. The van der Waals surface area contributed by atoms with Crippen LogP contribution in [-0.2, 0) is 31.2 Å². The maximum absolute atomic E-state index is 10.6. The number of rotatable bonds is 3. The number of aryl methyl sites for hydroxylation is 2. The lowest BCUT2D eigenvalue weighted by Gasteiger charge is -2.17. The molecule has 0 aromatic carbocycles. The fraction of sp³-hybridized carbons (Fsp3) is 0.400. The average Bonchev–Trinajstić information content (AvgIpc) is 3.25. The van der Waals surface area contributed by atoms with E-state index in [1.165, 1.54) is 5.56 Å². The number of carboxylic acids is 1. The second kappa shape index (κ2) is 9.29. The quantitative estimate of drug-likeness (QED) is 0.673. The molecule has 8 nitrogen and oxygen atoms in total. The lowest BCUT2D eigenvalue weighted by molar-refractivity contribution is -0.192.